The third-order valence-corrected chi connectivity index (χ3v) is 7.15. The van der Waals surface area contributed by atoms with Gasteiger partial charge in [0.25, 0.3) is 0 Å². The first-order valence-corrected chi connectivity index (χ1v) is 9.20. The Morgan fingerprint density at radius 1 is 0.944 bits per heavy atom. The van der Waals surface area contributed by atoms with E-state index in [4.69, 9.17) is 11.8 Å². The molecule has 1 unspecified atom stereocenters. The van der Waals surface area contributed by atoms with Crippen molar-refractivity contribution in [3.8, 4) is 0 Å². The molecule has 1 nitrogen and oxygen atoms in total. The van der Waals surface area contributed by atoms with Crippen molar-refractivity contribution in [1.29, 1.82) is 0 Å². The first kappa shape index (κ1) is 13.7. The van der Waals surface area contributed by atoms with Crippen LogP contribution in [0.1, 0.15) is 0 Å². The van der Waals surface area contributed by atoms with Gasteiger partial charge >= 0.3 is 0 Å². The fourth-order valence-corrected chi connectivity index (χ4v) is 5.81. The lowest BCUT2D eigenvalue weighted by Gasteiger charge is -2.15. The van der Waals surface area contributed by atoms with E-state index >= 15 is 0 Å². The van der Waals surface area contributed by atoms with Crippen molar-refractivity contribution in [2.75, 3.05) is 0 Å². The van der Waals surface area contributed by atoms with Crippen LogP contribution in [0.4, 0.5) is 8.78 Å². The first-order chi connectivity index (χ1) is 8.50. The van der Waals surface area contributed by atoms with E-state index in [2.05, 4.69) is 0 Å². The van der Waals surface area contributed by atoms with Crippen molar-refractivity contribution in [3.63, 3.8) is 0 Å². The Hall–Kier alpha value is -0.740. The summed E-state index contributed by atoms with van der Waals surface area (Å²) in [6.07, 6.45) is 0. The second-order valence-corrected chi connectivity index (χ2v) is 10.1. The predicted octanol–water partition coefficient (Wildman–Crippen LogP) is 3.68. The van der Waals surface area contributed by atoms with Gasteiger partial charge in [-0.25, -0.2) is 8.78 Å². The third kappa shape index (κ3) is 2.98. The van der Waals surface area contributed by atoms with Crippen molar-refractivity contribution in [1.82, 2.24) is 0 Å². The van der Waals surface area contributed by atoms with Crippen LogP contribution < -0.4 is 5.30 Å². The maximum Gasteiger partial charge on any atom is 0.153 e. The molecule has 0 saturated carbocycles. The lowest BCUT2D eigenvalue weighted by atomic mass is 10.3. The zero-order chi connectivity index (χ0) is 13.2. The lowest BCUT2D eigenvalue weighted by Crippen LogP contribution is -2.06. The molecule has 6 heteroatoms. The number of hydrogen-bond donors (Lipinski definition) is 1. The van der Waals surface area contributed by atoms with Crippen molar-refractivity contribution >= 4 is 34.0 Å². The van der Waals surface area contributed by atoms with E-state index in [1.54, 1.807) is 18.2 Å². The molecular formula is C12H9F2OPS2. The summed E-state index contributed by atoms with van der Waals surface area (Å²) in [4.78, 5) is 10.5. The van der Waals surface area contributed by atoms with Crippen LogP contribution in [-0.4, -0.2) is 4.89 Å². The molecule has 0 fully saturated rings. The number of benzene rings is 2. The van der Waals surface area contributed by atoms with Crippen molar-refractivity contribution in [2.24, 2.45) is 0 Å². The summed E-state index contributed by atoms with van der Waals surface area (Å²) < 4.78 is 27.1. The highest BCUT2D eigenvalue weighted by Gasteiger charge is 2.22. The first-order valence-electron chi connectivity index (χ1n) is 5.03. The molecule has 0 aliphatic rings. The van der Waals surface area contributed by atoms with Crippen molar-refractivity contribution in [3.05, 3.63) is 60.2 Å². The van der Waals surface area contributed by atoms with Gasteiger partial charge in [-0.3, -0.25) is 0 Å². The second-order valence-electron chi connectivity index (χ2n) is 3.49. The Bertz CT molecular complexity index is 619. The van der Waals surface area contributed by atoms with Crippen LogP contribution in [0.5, 0.6) is 0 Å². The molecule has 0 aliphatic carbocycles. The van der Waals surface area contributed by atoms with Gasteiger partial charge in [0.2, 0.25) is 0 Å². The lowest BCUT2D eigenvalue weighted by molar-refractivity contribution is 0.601. The molecule has 2 rings (SSSR count). The van der Waals surface area contributed by atoms with Gasteiger partial charge < -0.3 is 4.89 Å². The highest BCUT2D eigenvalue weighted by molar-refractivity contribution is 8.71. The predicted molar refractivity (Wildman–Crippen MR) is 74.8 cm³/mol. The normalized spacial score (nSPS) is 14.2. The quantitative estimate of drug-likeness (QED) is 0.873. The standard InChI is InChI=1S/C12H9F2OPS2/c13-9-5-1-3-7-11(9)16(15,17)18-12-8-4-2-6-10(12)14/h1-8H,(H,15,17). The molecule has 1 N–H and O–H groups in total. The van der Waals surface area contributed by atoms with Gasteiger partial charge in [0.05, 0.1) is 10.2 Å². The zero-order valence-electron chi connectivity index (χ0n) is 9.09. The molecule has 0 saturated heterocycles. The summed E-state index contributed by atoms with van der Waals surface area (Å²) >= 11 is 5.87. The van der Waals surface area contributed by atoms with E-state index < -0.39 is 17.1 Å². The minimum atomic E-state index is -3.20. The molecule has 18 heavy (non-hydrogen) atoms. The van der Waals surface area contributed by atoms with Crippen LogP contribution in [0, 0.1) is 11.6 Å². The molecule has 0 aliphatic heterocycles. The second kappa shape index (κ2) is 5.49. The topological polar surface area (TPSA) is 20.2 Å². The Morgan fingerprint density at radius 2 is 1.50 bits per heavy atom. The Kier molecular flexibility index (Phi) is 4.17. The van der Waals surface area contributed by atoms with Crippen LogP contribution in [0.2, 0.25) is 0 Å². The van der Waals surface area contributed by atoms with Gasteiger partial charge in [0, 0.05) is 0 Å². The molecule has 0 amide bonds. The van der Waals surface area contributed by atoms with Gasteiger partial charge in [-0.1, -0.05) is 47.5 Å². The van der Waals surface area contributed by atoms with Crippen molar-refractivity contribution < 1.29 is 13.7 Å². The molecule has 1 atom stereocenters. The maximum absolute atomic E-state index is 13.6. The number of hydrogen-bond acceptors (Lipinski definition) is 2. The molecule has 94 valence electrons. The Balaban J connectivity index is 2.37. The van der Waals surface area contributed by atoms with E-state index in [-0.39, 0.29) is 10.2 Å². The van der Waals surface area contributed by atoms with E-state index in [0.717, 1.165) is 11.4 Å². The molecule has 2 aromatic carbocycles. The molecule has 0 radical (unpaired) electrons. The fourth-order valence-electron chi connectivity index (χ4n) is 1.38. The summed E-state index contributed by atoms with van der Waals surface area (Å²) in [5.74, 6) is -1.03. The summed E-state index contributed by atoms with van der Waals surface area (Å²) in [7, 11) is 0. The maximum atomic E-state index is 13.6. The molecule has 0 heterocycles. The monoisotopic (exact) mass is 302 g/mol. The Morgan fingerprint density at radius 3 is 2.11 bits per heavy atom. The molecule has 0 aromatic heterocycles. The van der Waals surface area contributed by atoms with Gasteiger partial charge in [0.1, 0.15) is 11.6 Å². The average Bonchev–Trinajstić information content (AvgIpc) is 2.32. The van der Waals surface area contributed by atoms with E-state index in [0.29, 0.717) is 0 Å². The summed E-state index contributed by atoms with van der Waals surface area (Å²) in [5, 5.41) is 0.0632. The number of rotatable bonds is 3. The van der Waals surface area contributed by atoms with E-state index in [1.165, 1.54) is 30.3 Å². The average molecular weight is 302 g/mol. The highest BCUT2D eigenvalue weighted by atomic mass is 32.9. The van der Waals surface area contributed by atoms with Gasteiger partial charge in [0.15, 0.2) is 5.47 Å². The van der Waals surface area contributed by atoms with Crippen LogP contribution in [0.25, 0.3) is 0 Å². The zero-order valence-corrected chi connectivity index (χ0v) is 11.6. The van der Waals surface area contributed by atoms with Crippen molar-refractivity contribution in [2.45, 2.75) is 4.90 Å². The molecule has 0 spiro atoms. The highest BCUT2D eigenvalue weighted by Crippen LogP contribution is 2.58. The third-order valence-electron chi connectivity index (χ3n) is 2.22. The SMILES string of the molecule is OP(=S)(Sc1ccccc1F)c1ccccc1F. The Labute approximate surface area is 113 Å². The van der Waals surface area contributed by atoms with Crippen LogP contribution in [0.3, 0.4) is 0 Å². The minimum Gasteiger partial charge on any atom is -0.354 e. The molecular weight excluding hydrogens is 293 g/mol. The van der Waals surface area contributed by atoms with Crippen LogP contribution in [-0.2, 0) is 11.8 Å². The minimum absolute atomic E-state index is 0.0632. The van der Waals surface area contributed by atoms with Gasteiger partial charge in [-0.15, -0.1) is 0 Å². The van der Waals surface area contributed by atoms with E-state index in [9.17, 15) is 13.7 Å². The summed E-state index contributed by atoms with van der Waals surface area (Å²) in [5.41, 5.74) is -3.20. The van der Waals surface area contributed by atoms with Gasteiger partial charge in [-0.2, -0.15) is 0 Å². The van der Waals surface area contributed by atoms with Gasteiger partial charge in [-0.05, 0) is 24.3 Å². The largest absolute Gasteiger partial charge is 0.354 e. The fraction of sp³-hybridized carbons (Fsp3) is 0. The summed E-state index contributed by atoms with van der Waals surface area (Å²) in [6.45, 7) is 0. The van der Waals surface area contributed by atoms with Crippen LogP contribution in [0.15, 0.2) is 53.4 Å². The summed E-state index contributed by atoms with van der Waals surface area (Å²) in [6, 6.07) is 11.8. The molecule has 2 aromatic rings. The number of halogens is 2. The smallest absolute Gasteiger partial charge is 0.153 e. The van der Waals surface area contributed by atoms with Crippen LogP contribution >= 0.6 is 16.8 Å². The van der Waals surface area contributed by atoms with E-state index in [1.807, 2.05) is 0 Å². The molecule has 0 bridgehead atoms.